The molecule has 0 aromatic rings. The highest BCUT2D eigenvalue weighted by atomic mass is 16.2. The molecule has 2 heteroatoms. The van der Waals surface area contributed by atoms with E-state index in [1.54, 1.807) is 6.92 Å². The van der Waals surface area contributed by atoms with Crippen LogP contribution in [0.25, 0.3) is 0 Å². The molecule has 0 saturated heterocycles. The fourth-order valence-corrected chi connectivity index (χ4v) is 1.03. The van der Waals surface area contributed by atoms with Gasteiger partial charge in [-0.25, -0.2) is 0 Å². The van der Waals surface area contributed by atoms with Gasteiger partial charge < -0.3 is 10.4 Å². The number of rotatable bonds is 4. The minimum Gasteiger partial charge on any atom is -0.397 e. The molecule has 2 N–H and O–H groups in total. The zero-order valence-corrected chi connectivity index (χ0v) is 12.7. The van der Waals surface area contributed by atoms with Gasteiger partial charge in [-0.05, 0) is 40.3 Å². The Labute approximate surface area is 108 Å². The van der Waals surface area contributed by atoms with Crippen LogP contribution in [0.3, 0.4) is 0 Å². The summed E-state index contributed by atoms with van der Waals surface area (Å²) in [6, 6.07) is 0. The van der Waals surface area contributed by atoms with Crippen LogP contribution in [0.5, 0.6) is 0 Å². The Morgan fingerprint density at radius 1 is 1.24 bits per heavy atom. The molecule has 0 aromatic carbocycles. The van der Waals surface area contributed by atoms with E-state index in [1.165, 1.54) is 11.1 Å². The third kappa shape index (κ3) is 21.1. The van der Waals surface area contributed by atoms with E-state index >= 15 is 0 Å². The van der Waals surface area contributed by atoms with Gasteiger partial charge in [0.25, 0.3) is 0 Å². The lowest BCUT2D eigenvalue weighted by Gasteiger charge is -1.99. The largest absolute Gasteiger partial charge is 0.397 e. The van der Waals surface area contributed by atoms with E-state index in [1.807, 2.05) is 27.8 Å². The third-order valence-electron chi connectivity index (χ3n) is 1.56. The highest BCUT2D eigenvalue weighted by Gasteiger charge is 1.87. The summed E-state index contributed by atoms with van der Waals surface area (Å²) < 4.78 is 0. The number of likely N-dealkylation sites (N-methyl/N-ethyl adjacent to an activating group) is 1. The Morgan fingerprint density at radius 3 is 2.00 bits per heavy atom. The Hall–Kier alpha value is -0.860. The highest BCUT2D eigenvalue weighted by Crippen LogP contribution is 2.03. The van der Waals surface area contributed by atoms with Gasteiger partial charge in [0, 0.05) is 13.2 Å². The maximum atomic E-state index is 7.57. The minimum atomic E-state index is 0.250. The van der Waals surface area contributed by atoms with E-state index in [0.29, 0.717) is 0 Å². The van der Waals surface area contributed by atoms with Gasteiger partial charge in [0.05, 0.1) is 0 Å². The Kier molecular flexibility index (Phi) is 25.9. The molecule has 0 saturated carbocycles. The van der Waals surface area contributed by atoms with Gasteiger partial charge in [-0.3, -0.25) is 0 Å². The molecule has 0 aliphatic heterocycles. The molecule has 0 fully saturated rings. The van der Waals surface area contributed by atoms with Crippen molar-refractivity contribution < 1.29 is 5.11 Å². The quantitative estimate of drug-likeness (QED) is 0.736. The Morgan fingerprint density at radius 2 is 1.71 bits per heavy atom. The Bertz CT molecular complexity index is 215. The summed E-state index contributed by atoms with van der Waals surface area (Å²) in [6.07, 6.45) is 8.47. The van der Waals surface area contributed by atoms with Gasteiger partial charge in [-0.1, -0.05) is 43.7 Å². The molecule has 0 rings (SSSR count). The summed E-state index contributed by atoms with van der Waals surface area (Å²) in [4.78, 5) is 0. The summed E-state index contributed by atoms with van der Waals surface area (Å²) >= 11 is 0. The van der Waals surface area contributed by atoms with Gasteiger partial charge in [-0.2, -0.15) is 0 Å². The van der Waals surface area contributed by atoms with Crippen LogP contribution in [0.15, 0.2) is 35.5 Å². The molecular formula is C15H31NO. The second-order valence-corrected chi connectivity index (χ2v) is 3.13. The highest BCUT2D eigenvalue weighted by molar-refractivity contribution is 5.32. The topological polar surface area (TPSA) is 32.3 Å². The van der Waals surface area contributed by atoms with Crippen LogP contribution in [-0.4, -0.2) is 25.3 Å². The number of hydrogen-bond acceptors (Lipinski definition) is 2. The Balaban J connectivity index is -0.000000337. The van der Waals surface area contributed by atoms with Crippen molar-refractivity contribution in [3.63, 3.8) is 0 Å². The monoisotopic (exact) mass is 241 g/mol. The van der Waals surface area contributed by atoms with Gasteiger partial charge in [0.1, 0.15) is 0 Å². The third-order valence-corrected chi connectivity index (χ3v) is 1.56. The van der Waals surface area contributed by atoms with E-state index in [9.17, 15) is 0 Å². The first-order valence-electron chi connectivity index (χ1n) is 6.37. The number of aliphatic hydroxyl groups excluding tert-OH is 1. The molecule has 0 unspecified atom stereocenters. The fourth-order valence-electron chi connectivity index (χ4n) is 1.03. The molecule has 0 amide bonds. The van der Waals surface area contributed by atoms with Crippen LogP contribution in [0.2, 0.25) is 0 Å². The lowest BCUT2D eigenvalue weighted by Crippen LogP contribution is -2.08. The van der Waals surface area contributed by atoms with Crippen molar-refractivity contribution >= 4 is 0 Å². The average Bonchev–Trinajstić information content (AvgIpc) is 2.32. The van der Waals surface area contributed by atoms with E-state index in [-0.39, 0.29) is 6.61 Å². The first-order chi connectivity index (χ1) is 8.15. The van der Waals surface area contributed by atoms with Gasteiger partial charge in [-0.15, -0.1) is 0 Å². The van der Waals surface area contributed by atoms with Gasteiger partial charge in [0.15, 0.2) is 0 Å². The van der Waals surface area contributed by atoms with E-state index < -0.39 is 0 Å². The lowest BCUT2D eigenvalue weighted by molar-refractivity contribution is 0.318. The number of nitrogens with one attached hydrogen (secondary N) is 1. The van der Waals surface area contributed by atoms with Crippen LogP contribution in [0.4, 0.5) is 0 Å². The maximum Gasteiger partial charge on any atom is 0.0402 e. The molecule has 17 heavy (non-hydrogen) atoms. The van der Waals surface area contributed by atoms with Crippen molar-refractivity contribution in [2.45, 2.75) is 41.5 Å². The first kappa shape index (κ1) is 21.4. The summed E-state index contributed by atoms with van der Waals surface area (Å²) in [6.45, 7) is 13.1. The molecule has 0 aliphatic rings. The molecular weight excluding hydrogens is 210 g/mol. The molecule has 0 spiro atoms. The zero-order valence-electron chi connectivity index (χ0n) is 12.7. The molecule has 0 radical (unpaired) electrons. The summed E-state index contributed by atoms with van der Waals surface area (Å²) in [5, 5.41) is 10.7. The van der Waals surface area contributed by atoms with Crippen LogP contribution in [0.1, 0.15) is 41.5 Å². The van der Waals surface area contributed by atoms with E-state index in [2.05, 4.69) is 43.5 Å². The van der Waals surface area contributed by atoms with Gasteiger partial charge >= 0.3 is 0 Å². The number of aliphatic hydroxyl groups is 1. The second kappa shape index (κ2) is 20.5. The molecule has 0 heterocycles. The van der Waals surface area contributed by atoms with E-state index in [4.69, 9.17) is 5.11 Å². The molecule has 0 aliphatic carbocycles. The van der Waals surface area contributed by atoms with Crippen LogP contribution in [-0.2, 0) is 0 Å². The van der Waals surface area contributed by atoms with Crippen LogP contribution >= 0.6 is 0 Å². The van der Waals surface area contributed by atoms with Crippen molar-refractivity contribution in [2.75, 3.05) is 20.2 Å². The summed E-state index contributed by atoms with van der Waals surface area (Å²) in [7, 11) is 1.96. The molecule has 0 atom stereocenters. The smallest absolute Gasteiger partial charge is 0.0402 e. The molecule has 0 bridgehead atoms. The first-order valence-corrected chi connectivity index (χ1v) is 6.37. The SMILES string of the molecule is CC.CCO.C\C=C/C(=C\C)/C=C(\C)CNC. The van der Waals surface area contributed by atoms with Crippen molar-refractivity contribution in [2.24, 2.45) is 0 Å². The lowest BCUT2D eigenvalue weighted by atomic mass is 10.1. The maximum absolute atomic E-state index is 7.57. The van der Waals surface area contributed by atoms with E-state index in [0.717, 1.165) is 6.54 Å². The van der Waals surface area contributed by atoms with Crippen LogP contribution < -0.4 is 5.32 Å². The van der Waals surface area contributed by atoms with Crippen molar-refractivity contribution in [1.29, 1.82) is 0 Å². The summed E-state index contributed by atoms with van der Waals surface area (Å²) in [5.74, 6) is 0. The fraction of sp³-hybridized carbons (Fsp3) is 0.600. The average molecular weight is 241 g/mol. The normalized spacial score (nSPS) is 11.5. The van der Waals surface area contributed by atoms with Crippen molar-refractivity contribution in [3.8, 4) is 0 Å². The van der Waals surface area contributed by atoms with Crippen LogP contribution in [0, 0.1) is 0 Å². The van der Waals surface area contributed by atoms with Gasteiger partial charge in [0.2, 0.25) is 0 Å². The number of hydrogen-bond donors (Lipinski definition) is 2. The summed E-state index contributed by atoms with van der Waals surface area (Å²) in [5.41, 5.74) is 2.62. The van der Waals surface area contributed by atoms with Crippen molar-refractivity contribution in [1.82, 2.24) is 5.32 Å². The minimum absolute atomic E-state index is 0.250. The standard InChI is InChI=1S/C11H19N.C2H6O.C2H6/c1-5-7-11(6-2)8-10(3)9-12-4;1-2-3;1-2/h5-8,12H,9H2,1-4H3;3H,2H2,1H3;1-2H3/b7-5-,10-8+,11-6+;;. The molecule has 102 valence electrons. The zero-order chi connectivity index (χ0) is 14.1. The number of allylic oxidation sites excluding steroid dienone is 5. The molecule has 2 nitrogen and oxygen atoms in total. The molecule has 0 aromatic heterocycles. The predicted octanol–water partition coefficient (Wildman–Crippen LogP) is 3.70. The van der Waals surface area contributed by atoms with Crippen molar-refractivity contribution in [3.05, 3.63) is 35.5 Å². The second-order valence-electron chi connectivity index (χ2n) is 3.13. The predicted molar refractivity (Wildman–Crippen MR) is 80.4 cm³/mol.